The quantitative estimate of drug-likeness (QED) is 0.861. The zero-order valence-corrected chi connectivity index (χ0v) is 15.2. The maximum atomic E-state index is 10.6. The minimum atomic E-state index is -1.04. The van der Waals surface area contributed by atoms with Gasteiger partial charge in [-0.25, -0.2) is 0 Å². The summed E-state index contributed by atoms with van der Waals surface area (Å²) in [6.45, 7) is 2.33. The highest BCUT2D eigenvalue weighted by molar-refractivity contribution is 7.99. The fourth-order valence-corrected chi connectivity index (χ4v) is 4.27. The summed E-state index contributed by atoms with van der Waals surface area (Å²) < 4.78 is 17.7. The molecule has 0 radical (unpaired) electrons. The van der Waals surface area contributed by atoms with Gasteiger partial charge in [-0.05, 0) is 19.1 Å². The van der Waals surface area contributed by atoms with Crippen LogP contribution < -0.4 is 0 Å². The number of fused-ring (bicyclic) bond motifs is 1. The first kappa shape index (κ1) is 18.0. The van der Waals surface area contributed by atoms with Crippen molar-refractivity contribution in [1.29, 1.82) is 0 Å². The SMILES string of the molecule is Cc1ccc(S[C@@H]2O[C@H]3CO[C@H](c4ccccc4)O[C@@H]3[C@H](O)[C@@H]2O)cc1. The molecule has 2 aromatic carbocycles. The van der Waals surface area contributed by atoms with Gasteiger partial charge < -0.3 is 24.4 Å². The van der Waals surface area contributed by atoms with Gasteiger partial charge in [0, 0.05) is 10.5 Å². The second kappa shape index (κ2) is 7.68. The Morgan fingerprint density at radius 3 is 2.38 bits per heavy atom. The summed E-state index contributed by atoms with van der Waals surface area (Å²) in [5.41, 5.74) is 1.47. The molecular weight excluding hydrogens is 352 g/mol. The third-order valence-corrected chi connectivity index (χ3v) is 5.84. The van der Waals surface area contributed by atoms with E-state index in [1.54, 1.807) is 0 Å². The number of aryl methyl sites for hydroxylation is 1. The number of hydrogen-bond acceptors (Lipinski definition) is 6. The van der Waals surface area contributed by atoms with Gasteiger partial charge in [0.15, 0.2) is 6.29 Å². The Kier molecular flexibility index (Phi) is 5.31. The fourth-order valence-electron chi connectivity index (χ4n) is 3.21. The molecule has 6 heteroatoms. The van der Waals surface area contributed by atoms with Crippen molar-refractivity contribution in [3.63, 3.8) is 0 Å². The lowest BCUT2D eigenvalue weighted by Gasteiger charge is -2.46. The summed E-state index contributed by atoms with van der Waals surface area (Å²) in [6.07, 6.45) is -3.69. The van der Waals surface area contributed by atoms with Crippen molar-refractivity contribution in [3.05, 3.63) is 65.7 Å². The zero-order valence-electron chi connectivity index (χ0n) is 14.4. The van der Waals surface area contributed by atoms with E-state index in [1.165, 1.54) is 17.3 Å². The molecule has 2 heterocycles. The van der Waals surface area contributed by atoms with Crippen LogP contribution in [-0.4, -0.2) is 46.7 Å². The number of thioether (sulfide) groups is 1. The molecule has 2 aliphatic heterocycles. The second-order valence-corrected chi connectivity index (χ2v) is 7.80. The molecule has 4 rings (SSSR count). The van der Waals surface area contributed by atoms with Gasteiger partial charge in [0.1, 0.15) is 29.9 Å². The van der Waals surface area contributed by atoms with Gasteiger partial charge in [0.05, 0.1) is 6.61 Å². The van der Waals surface area contributed by atoms with Crippen LogP contribution in [0.5, 0.6) is 0 Å². The molecular formula is C20H22O5S. The Balaban J connectivity index is 1.45. The summed E-state index contributed by atoms with van der Waals surface area (Å²) >= 11 is 1.39. The summed E-state index contributed by atoms with van der Waals surface area (Å²) in [5.74, 6) is 0. The van der Waals surface area contributed by atoms with Crippen molar-refractivity contribution >= 4 is 11.8 Å². The predicted octanol–water partition coefficient (Wildman–Crippen LogP) is 2.65. The van der Waals surface area contributed by atoms with Gasteiger partial charge in [0.25, 0.3) is 0 Å². The monoisotopic (exact) mass is 374 g/mol. The smallest absolute Gasteiger partial charge is 0.184 e. The van der Waals surface area contributed by atoms with E-state index in [0.717, 1.165) is 10.5 Å². The van der Waals surface area contributed by atoms with E-state index in [1.807, 2.05) is 61.5 Å². The molecule has 0 amide bonds. The van der Waals surface area contributed by atoms with E-state index < -0.39 is 36.1 Å². The predicted molar refractivity (Wildman–Crippen MR) is 97.7 cm³/mol. The minimum Gasteiger partial charge on any atom is -0.387 e. The van der Waals surface area contributed by atoms with E-state index in [4.69, 9.17) is 14.2 Å². The second-order valence-electron chi connectivity index (χ2n) is 6.63. The Bertz CT molecular complexity index is 721. The topological polar surface area (TPSA) is 68.2 Å². The lowest BCUT2D eigenvalue weighted by Crippen LogP contribution is -2.60. The molecule has 0 aliphatic carbocycles. The molecule has 0 saturated carbocycles. The van der Waals surface area contributed by atoms with Crippen LogP contribution in [0, 0.1) is 6.92 Å². The number of benzene rings is 2. The van der Waals surface area contributed by atoms with Crippen LogP contribution in [-0.2, 0) is 14.2 Å². The van der Waals surface area contributed by atoms with Gasteiger partial charge in [-0.1, -0.05) is 59.8 Å². The Labute approximate surface area is 156 Å². The summed E-state index contributed by atoms with van der Waals surface area (Å²) in [7, 11) is 0. The molecule has 2 aliphatic rings. The van der Waals surface area contributed by atoms with Crippen LogP contribution in [0.25, 0.3) is 0 Å². The molecule has 0 spiro atoms. The lowest BCUT2D eigenvalue weighted by atomic mass is 9.99. The molecule has 2 fully saturated rings. The van der Waals surface area contributed by atoms with E-state index >= 15 is 0 Å². The van der Waals surface area contributed by atoms with Crippen LogP contribution in [0.15, 0.2) is 59.5 Å². The van der Waals surface area contributed by atoms with E-state index in [-0.39, 0.29) is 0 Å². The average Bonchev–Trinajstić information content (AvgIpc) is 2.68. The highest BCUT2D eigenvalue weighted by Crippen LogP contribution is 2.38. The van der Waals surface area contributed by atoms with Crippen molar-refractivity contribution in [1.82, 2.24) is 0 Å². The van der Waals surface area contributed by atoms with Crippen LogP contribution in [0.3, 0.4) is 0 Å². The van der Waals surface area contributed by atoms with Crippen molar-refractivity contribution in [2.24, 2.45) is 0 Å². The van der Waals surface area contributed by atoms with E-state index in [2.05, 4.69) is 0 Å². The molecule has 2 N–H and O–H groups in total. The highest BCUT2D eigenvalue weighted by Gasteiger charge is 2.49. The summed E-state index contributed by atoms with van der Waals surface area (Å²) in [4.78, 5) is 0.977. The molecule has 0 unspecified atom stereocenters. The van der Waals surface area contributed by atoms with Crippen molar-refractivity contribution in [3.8, 4) is 0 Å². The molecule has 2 aromatic rings. The van der Waals surface area contributed by atoms with Crippen molar-refractivity contribution in [2.45, 2.75) is 48.0 Å². The molecule has 26 heavy (non-hydrogen) atoms. The van der Waals surface area contributed by atoms with Gasteiger partial charge in [-0.3, -0.25) is 0 Å². The van der Waals surface area contributed by atoms with Gasteiger partial charge >= 0.3 is 0 Å². The standard InChI is InChI=1S/C20H22O5S/c1-12-7-9-14(10-8-12)26-20-17(22)16(21)18-15(24-20)11-23-19(25-18)13-5-3-2-4-6-13/h2-10,15-22H,11H2,1H3/t15-,16+,17-,18-,19-,20-/m0/s1. The van der Waals surface area contributed by atoms with Crippen LogP contribution in [0.2, 0.25) is 0 Å². The van der Waals surface area contributed by atoms with Crippen LogP contribution in [0.1, 0.15) is 17.4 Å². The van der Waals surface area contributed by atoms with Crippen molar-refractivity contribution < 1.29 is 24.4 Å². The largest absolute Gasteiger partial charge is 0.387 e. The first-order valence-electron chi connectivity index (χ1n) is 8.69. The highest BCUT2D eigenvalue weighted by atomic mass is 32.2. The maximum absolute atomic E-state index is 10.6. The van der Waals surface area contributed by atoms with E-state index in [0.29, 0.717) is 6.61 Å². The molecule has 6 atom stereocenters. The number of aliphatic hydroxyl groups excluding tert-OH is 2. The third-order valence-electron chi connectivity index (χ3n) is 4.68. The first-order chi connectivity index (χ1) is 12.6. The lowest BCUT2D eigenvalue weighted by molar-refractivity contribution is -0.318. The molecule has 2 saturated heterocycles. The maximum Gasteiger partial charge on any atom is 0.184 e. The zero-order chi connectivity index (χ0) is 18.1. The molecule has 138 valence electrons. The average molecular weight is 374 g/mol. The van der Waals surface area contributed by atoms with Gasteiger partial charge in [-0.2, -0.15) is 0 Å². The number of hydrogen-bond donors (Lipinski definition) is 2. The van der Waals surface area contributed by atoms with E-state index in [9.17, 15) is 10.2 Å². The third kappa shape index (κ3) is 3.67. The fraction of sp³-hybridized carbons (Fsp3) is 0.400. The summed E-state index contributed by atoms with van der Waals surface area (Å²) in [6, 6.07) is 17.5. The molecule has 5 nitrogen and oxygen atoms in total. The normalized spacial score (nSPS) is 34.3. The summed E-state index contributed by atoms with van der Waals surface area (Å²) in [5, 5.41) is 21.1. The number of ether oxygens (including phenoxy) is 3. The molecule has 0 bridgehead atoms. The molecule has 0 aromatic heterocycles. The Hall–Kier alpha value is -1.41. The first-order valence-corrected chi connectivity index (χ1v) is 9.57. The van der Waals surface area contributed by atoms with Gasteiger partial charge in [-0.15, -0.1) is 0 Å². The Morgan fingerprint density at radius 1 is 0.923 bits per heavy atom. The van der Waals surface area contributed by atoms with Crippen LogP contribution >= 0.6 is 11.8 Å². The number of aliphatic hydroxyl groups is 2. The van der Waals surface area contributed by atoms with Crippen LogP contribution in [0.4, 0.5) is 0 Å². The Morgan fingerprint density at radius 2 is 1.65 bits per heavy atom. The van der Waals surface area contributed by atoms with Gasteiger partial charge in [0.2, 0.25) is 0 Å². The number of rotatable bonds is 3. The minimum absolute atomic E-state index is 0.305. The van der Waals surface area contributed by atoms with Crippen molar-refractivity contribution in [2.75, 3.05) is 6.61 Å².